The lowest BCUT2D eigenvalue weighted by Gasteiger charge is -2.28. The van der Waals surface area contributed by atoms with E-state index in [4.69, 9.17) is 0 Å². The summed E-state index contributed by atoms with van der Waals surface area (Å²) in [6, 6.07) is 3.84. The maximum Gasteiger partial charge on any atom is 0.256 e. The zero-order valence-corrected chi connectivity index (χ0v) is 12.7. The minimum absolute atomic E-state index is 0.0368. The van der Waals surface area contributed by atoms with Gasteiger partial charge in [-0.3, -0.25) is 4.79 Å². The van der Waals surface area contributed by atoms with E-state index in [-0.39, 0.29) is 23.1 Å². The van der Waals surface area contributed by atoms with Gasteiger partial charge in [0, 0.05) is 17.6 Å². The highest BCUT2D eigenvalue weighted by Crippen LogP contribution is 2.18. The van der Waals surface area contributed by atoms with Crippen molar-refractivity contribution in [3.8, 4) is 0 Å². The molecule has 0 saturated carbocycles. The molecular weight excluding hydrogens is 310 g/mol. The van der Waals surface area contributed by atoms with E-state index >= 15 is 0 Å². The number of nitrogens with zero attached hydrogens (tertiary/aromatic N) is 2. The molecule has 0 aromatic carbocycles. The summed E-state index contributed by atoms with van der Waals surface area (Å²) in [5, 5.41) is 4.72. The fraction of sp³-hybridized carbons (Fsp3) is 0.231. The number of nitrogens with one attached hydrogen (secondary N) is 1. The van der Waals surface area contributed by atoms with Gasteiger partial charge in [-0.15, -0.1) is 15.7 Å². The number of sulfonamides is 1. The van der Waals surface area contributed by atoms with Gasteiger partial charge in [0.05, 0.1) is 17.9 Å². The van der Waals surface area contributed by atoms with Crippen LogP contribution in [0.25, 0.3) is 0 Å². The molecule has 8 heteroatoms. The lowest BCUT2D eigenvalue weighted by atomic mass is 10.1. The minimum atomic E-state index is -3.48. The normalized spacial score (nSPS) is 19.5. The number of hydrogen-bond donors (Lipinski definition) is 1. The summed E-state index contributed by atoms with van der Waals surface area (Å²) in [4.78, 5) is 15.0. The second-order valence-corrected chi connectivity index (χ2v) is 7.37. The topological polar surface area (TPSA) is 78.8 Å². The SMILES string of the molecule is O=C(NCc1cccs1)C1=CC=CN2CCS(=O)(=O)N=C12. The minimum Gasteiger partial charge on any atom is -0.347 e. The average Bonchev–Trinajstić information content (AvgIpc) is 2.96. The van der Waals surface area contributed by atoms with Gasteiger partial charge >= 0.3 is 0 Å². The molecule has 0 spiro atoms. The van der Waals surface area contributed by atoms with Crippen LogP contribution in [0.5, 0.6) is 0 Å². The first-order chi connectivity index (χ1) is 10.1. The highest BCUT2D eigenvalue weighted by atomic mass is 32.2. The number of carbonyl (C=O) groups is 1. The Morgan fingerprint density at radius 2 is 2.33 bits per heavy atom. The molecule has 6 nitrogen and oxygen atoms in total. The summed E-state index contributed by atoms with van der Waals surface area (Å²) in [6.07, 6.45) is 5.03. The Morgan fingerprint density at radius 1 is 1.48 bits per heavy atom. The van der Waals surface area contributed by atoms with Crippen molar-refractivity contribution in [1.29, 1.82) is 0 Å². The molecule has 0 fully saturated rings. The van der Waals surface area contributed by atoms with Crippen LogP contribution in [-0.2, 0) is 21.4 Å². The van der Waals surface area contributed by atoms with Gasteiger partial charge in [-0.05, 0) is 23.6 Å². The smallest absolute Gasteiger partial charge is 0.256 e. The Labute approximate surface area is 126 Å². The van der Waals surface area contributed by atoms with Crippen molar-refractivity contribution in [2.24, 2.45) is 4.40 Å². The third-order valence-corrected chi connectivity index (χ3v) is 5.13. The van der Waals surface area contributed by atoms with Crippen LogP contribution < -0.4 is 5.32 Å². The molecule has 0 aliphatic carbocycles. The van der Waals surface area contributed by atoms with Gasteiger partial charge in [-0.1, -0.05) is 6.07 Å². The molecule has 0 unspecified atom stereocenters. The highest BCUT2D eigenvalue weighted by Gasteiger charge is 2.29. The van der Waals surface area contributed by atoms with Crippen LogP contribution in [0.3, 0.4) is 0 Å². The van der Waals surface area contributed by atoms with Crippen LogP contribution >= 0.6 is 11.3 Å². The summed E-state index contributed by atoms with van der Waals surface area (Å²) < 4.78 is 27.0. The second kappa shape index (κ2) is 5.45. The number of allylic oxidation sites excluding steroid dienone is 2. The maximum atomic E-state index is 12.2. The average molecular weight is 323 g/mol. The van der Waals surface area contributed by atoms with Gasteiger partial charge in [0.1, 0.15) is 0 Å². The van der Waals surface area contributed by atoms with E-state index in [1.807, 2.05) is 17.5 Å². The summed E-state index contributed by atoms with van der Waals surface area (Å²) >= 11 is 1.55. The first kappa shape index (κ1) is 14.0. The van der Waals surface area contributed by atoms with Crippen molar-refractivity contribution >= 4 is 33.1 Å². The molecule has 0 saturated heterocycles. The fourth-order valence-electron chi connectivity index (χ4n) is 2.07. The number of fused-ring (bicyclic) bond motifs is 1. The molecular formula is C13H13N3O3S2. The van der Waals surface area contributed by atoms with Gasteiger partial charge in [0.15, 0.2) is 5.84 Å². The first-order valence-electron chi connectivity index (χ1n) is 6.34. The molecule has 3 rings (SSSR count). The van der Waals surface area contributed by atoms with Gasteiger partial charge in [0.2, 0.25) is 0 Å². The number of carbonyl (C=O) groups excluding carboxylic acids is 1. The molecule has 2 aliphatic heterocycles. The highest BCUT2D eigenvalue weighted by molar-refractivity contribution is 7.90. The first-order valence-corrected chi connectivity index (χ1v) is 8.83. The summed E-state index contributed by atoms with van der Waals surface area (Å²) in [6.45, 7) is 0.727. The lowest BCUT2D eigenvalue weighted by Crippen LogP contribution is -2.42. The monoisotopic (exact) mass is 323 g/mol. The van der Waals surface area contributed by atoms with Crippen LogP contribution in [0.4, 0.5) is 0 Å². The Bertz CT molecular complexity index is 746. The van der Waals surface area contributed by atoms with Gasteiger partial charge < -0.3 is 10.2 Å². The van der Waals surface area contributed by atoms with Crippen molar-refractivity contribution in [3.63, 3.8) is 0 Å². The van der Waals surface area contributed by atoms with Crippen LogP contribution in [-0.4, -0.2) is 37.4 Å². The molecule has 110 valence electrons. The number of hydrogen-bond acceptors (Lipinski definition) is 5. The van der Waals surface area contributed by atoms with E-state index in [2.05, 4.69) is 9.71 Å². The predicted molar refractivity (Wildman–Crippen MR) is 81.3 cm³/mol. The Morgan fingerprint density at radius 3 is 3.10 bits per heavy atom. The quantitative estimate of drug-likeness (QED) is 0.895. The molecule has 1 aromatic heterocycles. The predicted octanol–water partition coefficient (Wildman–Crippen LogP) is 0.862. The Balaban J connectivity index is 1.80. The lowest BCUT2D eigenvalue weighted by molar-refractivity contribution is -0.117. The summed E-state index contributed by atoms with van der Waals surface area (Å²) in [5.74, 6) is -0.161. The van der Waals surface area contributed by atoms with E-state index in [0.29, 0.717) is 13.1 Å². The molecule has 0 radical (unpaired) electrons. The van der Waals surface area contributed by atoms with Gasteiger partial charge in [-0.2, -0.15) is 0 Å². The van der Waals surface area contributed by atoms with E-state index in [1.54, 1.807) is 34.6 Å². The number of rotatable bonds is 3. The molecule has 1 amide bonds. The van der Waals surface area contributed by atoms with Crippen molar-refractivity contribution in [1.82, 2.24) is 10.2 Å². The Kier molecular flexibility index (Phi) is 3.64. The maximum absolute atomic E-state index is 12.2. The van der Waals surface area contributed by atoms with Crippen molar-refractivity contribution in [3.05, 3.63) is 46.3 Å². The summed E-state index contributed by atoms with van der Waals surface area (Å²) in [7, 11) is -3.48. The van der Waals surface area contributed by atoms with Crippen LogP contribution in [0.1, 0.15) is 4.88 Å². The van der Waals surface area contributed by atoms with Crippen LogP contribution in [0.15, 0.2) is 45.8 Å². The number of thiophene rings is 1. The van der Waals surface area contributed by atoms with Crippen LogP contribution in [0, 0.1) is 0 Å². The molecule has 0 atom stereocenters. The van der Waals surface area contributed by atoms with E-state index in [0.717, 1.165) is 4.88 Å². The third-order valence-electron chi connectivity index (χ3n) is 3.11. The zero-order chi connectivity index (χ0) is 14.9. The zero-order valence-electron chi connectivity index (χ0n) is 11.0. The van der Waals surface area contributed by atoms with Gasteiger partial charge in [0.25, 0.3) is 15.9 Å². The molecule has 3 heterocycles. The molecule has 0 bridgehead atoms. The molecule has 2 aliphatic rings. The second-order valence-electron chi connectivity index (χ2n) is 4.58. The summed E-state index contributed by atoms with van der Waals surface area (Å²) in [5.41, 5.74) is 0.275. The molecule has 21 heavy (non-hydrogen) atoms. The molecule has 1 aromatic rings. The Hall–Kier alpha value is -1.93. The largest absolute Gasteiger partial charge is 0.347 e. The van der Waals surface area contributed by atoms with Gasteiger partial charge in [-0.25, -0.2) is 8.42 Å². The molecule has 1 N–H and O–H groups in total. The van der Waals surface area contributed by atoms with E-state index in [1.165, 1.54) is 0 Å². The number of amidine groups is 1. The third kappa shape index (κ3) is 3.06. The van der Waals surface area contributed by atoms with Crippen LogP contribution in [0.2, 0.25) is 0 Å². The van der Waals surface area contributed by atoms with Crippen molar-refractivity contribution < 1.29 is 13.2 Å². The van der Waals surface area contributed by atoms with Crippen molar-refractivity contribution in [2.45, 2.75) is 6.54 Å². The number of amides is 1. The fourth-order valence-corrected chi connectivity index (χ4v) is 3.70. The standard InChI is InChI=1S/C13H13N3O3S2/c17-13(14-9-10-3-2-7-20-10)11-4-1-5-16-6-8-21(18,19)15-12(11)16/h1-5,7H,6,8-9H2,(H,14,17). The van der Waals surface area contributed by atoms with E-state index in [9.17, 15) is 13.2 Å². The van der Waals surface area contributed by atoms with Crippen molar-refractivity contribution in [2.75, 3.05) is 12.3 Å². The van der Waals surface area contributed by atoms with E-state index < -0.39 is 10.0 Å².